The van der Waals surface area contributed by atoms with E-state index in [2.05, 4.69) is 0 Å². The van der Waals surface area contributed by atoms with E-state index in [1.54, 1.807) is 24.3 Å². The number of halogens is 2. The number of carbonyl (C=O) groups excluding carboxylic acids is 1. The van der Waals surface area contributed by atoms with E-state index in [4.69, 9.17) is 23.2 Å². The van der Waals surface area contributed by atoms with Crippen molar-refractivity contribution < 1.29 is 4.79 Å². The van der Waals surface area contributed by atoms with Crippen LogP contribution < -0.4 is 0 Å². The van der Waals surface area contributed by atoms with Crippen LogP contribution in [-0.4, -0.2) is 5.78 Å². The highest BCUT2D eigenvalue weighted by molar-refractivity contribution is 6.34. The first-order chi connectivity index (χ1) is 8.56. The second-order valence-corrected chi connectivity index (χ2v) is 5.06. The summed E-state index contributed by atoms with van der Waals surface area (Å²) in [6.45, 7) is 1.94. The van der Waals surface area contributed by atoms with E-state index in [1.165, 1.54) is 0 Å². The number of ketones is 1. The molecule has 2 aromatic rings. The number of Topliss-reactive ketones (excluding diaryl/α,β-unsaturated/α-hetero) is 1. The number of hydrogen-bond donors (Lipinski definition) is 0. The molecule has 0 heterocycles. The molecule has 0 aromatic heterocycles. The molecule has 0 amide bonds. The van der Waals surface area contributed by atoms with Gasteiger partial charge in [0, 0.05) is 17.0 Å². The summed E-state index contributed by atoms with van der Waals surface area (Å²) in [5, 5.41) is 1.14. The van der Waals surface area contributed by atoms with Crippen LogP contribution in [-0.2, 0) is 6.42 Å². The molecule has 1 nitrogen and oxygen atoms in total. The molecule has 2 rings (SSSR count). The van der Waals surface area contributed by atoms with Gasteiger partial charge in [-0.15, -0.1) is 0 Å². The molecule has 0 aliphatic heterocycles. The summed E-state index contributed by atoms with van der Waals surface area (Å²) < 4.78 is 0. The van der Waals surface area contributed by atoms with Crippen LogP contribution >= 0.6 is 23.2 Å². The third-order valence-corrected chi connectivity index (χ3v) is 3.23. The third kappa shape index (κ3) is 3.12. The van der Waals surface area contributed by atoms with Crippen molar-refractivity contribution in [3.05, 3.63) is 69.2 Å². The van der Waals surface area contributed by atoms with Gasteiger partial charge < -0.3 is 0 Å². The van der Waals surface area contributed by atoms with E-state index in [-0.39, 0.29) is 5.78 Å². The minimum Gasteiger partial charge on any atom is -0.294 e. The van der Waals surface area contributed by atoms with Gasteiger partial charge >= 0.3 is 0 Å². The van der Waals surface area contributed by atoms with Gasteiger partial charge in [0.05, 0.1) is 5.02 Å². The third-order valence-electron chi connectivity index (χ3n) is 2.68. The standard InChI is InChI=1S/C15H12Cl2O/c1-10-5-6-13(14(17)7-10)15(18)9-11-3-2-4-12(16)8-11/h2-8H,9H2,1H3. The number of rotatable bonds is 3. The number of carbonyl (C=O) groups is 1. The van der Waals surface area contributed by atoms with Crippen LogP contribution in [0.15, 0.2) is 42.5 Å². The van der Waals surface area contributed by atoms with Gasteiger partial charge in [-0.3, -0.25) is 4.79 Å². The highest BCUT2D eigenvalue weighted by Gasteiger charge is 2.11. The van der Waals surface area contributed by atoms with E-state index in [0.29, 0.717) is 22.0 Å². The Morgan fingerprint density at radius 3 is 2.56 bits per heavy atom. The van der Waals surface area contributed by atoms with Crippen molar-refractivity contribution >= 4 is 29.0 Å². The molecule has 0 bridgehead atoms. The second kappa shape index (κ2) is 5.55. The fourth-order valence-corrected chi connectivity index (χ4v) is 2.33. The lowest BCUT2D eigenvalue weighted by Crippen LogP contribution is -2.04. The number of hydrogen-bond acceptors (Lipinski definition) is 1. The van der Waals surface area contributed by atoms with Crippen molar-refractivity contribution in [1.29, 1.82) is 0 Å². The fraction of sp³-hybridized carbons (Fsp3) is 0.133. The first-order valence-corrected chi connectivity index (χ1v) is 6.35. The Bertz CT molecular complexity index is 591. The quantitative estimate of drug-likeness (QED) is 0.742. The minimum absolute atomic E-state index is 0.00210. The Labute approximate surface area is 116 Å². The molecule has 0 radical (unpaired) electrons. The summed E-state index contributed by atoms with van der Waals surface area (Å²) in [6, 6.07) is 12.7. The molecule has 0 aliphatic rings. The Balaban J connectivity index is 2.22. The maximum atomic E-state index is 12.1. The molecule has 0 saturated carbocycles. The second-order valence-electron chi connectivity index (χ2n) is 4.21. The molecule has 92 valence electrons. The molecule has 2 aromatic carbocycles. The van der Waals surface area contributed by atoms with Crippen LogP contribution in [0, 0.1) is 6.92 Å². The predicted octanol–water partition coefficient (Wildman–Crippen LogP) is 4.73. The zero-order chi connectivity index (χ0) is 13.1. The summed E-state index contributed by atoms with van der Waals surface area (Å²) in [6.07, 6.45) is 0.309. The highest BCUT2D eigenvalue weighted by atomic mass is 35.5. The monoisotopic (exact) mass is 278 g/mol. The summed E-state index contributed by atoms with van der Waals surface area (Å²) in [5.41, 5.74) is 2.49. The Hall–Kier alpha value is -1.31. The van der Waals surface area contributed by atoms with E-state index >= 15 is 0 Å². The summed E-state index contributed by atoms with van der Waals surface area (Å²) >= 11 is 12.0. The van der Waals surface area contributed by atoms with Gasteiger partial charge in [-0.2, -0.15) is 0 Å². The lowest BCUT2D eigenvalue weighted by molar-refractivity contribution is 0.0993. The lowest BCUT2D eigenvalue weighted by Gasteiger charge is -2.05. The summed E-state index contributed by atoms with van der Waals surface area (Å²) in [7, 11) is 0. The molecule has 0 saturated heterocycles. The van der Waals surface area contributed by atoms with Gasteiger partial charge in [-0.1, -0.05) is 41.4 Å². The van der Waals surface area contributed by atoms with Crippen molar-refractivity contribution in [2.45, 2.75) is 13.3 Å². The molecule has 0 aliphatic carbocycles. The molecule has 0 atom stereocenters. The molecule has 3 heteroatoms. The average Bonchev–Trinajstić information content (AvgIpc) is 2.28. The van der Waals surface area contributed by atoms with Gasteiger partial charge in [0.1, 0.15) is 0 Å². The first-order valence-electron chi connectivity index (χ1n) is 5.60. The Kier molecular flexibility index (Phi) is 4.05. The zero-order valence-corrected chi connectivity index (χ0v) is 11.4. The van der Waals surface area contributed by atoms with Crippen LogP contribution in [0.2, 0.25) is 10.0 Å². The normalized spacial score (nSPS) is 10.4. The van der Waals surface area contributed by atoms with Crippen LogP contribution in [0.25, 0.3) is 0 Å². The van der Waals surface area contributed by atoms with E-state index in [0.717, 1.165) is 11.1 Å². The average molecular weight is 279 g/mol. The SMILES string of the molecule is Cc1ccc(C(=O)Cc2cccc(Cl)c2)c(Cl)c1. The van der Waals surface area contributed by atoms with Crippen LogP contribution in [0.3, 0.4) is 0 Å². The van der Waals surface area contributed by atoms with Crippen LogP contribution in [0.1, 0.15) is 21.5 Å². The van der Waals surface area contributed by atoms with Gasteiger partial charge in [-0.25, -0.2) is 0 Å². The molecular weight excluding hydrogens is 267 g/mol. The largest absolute Gasteiger partial charge is 0.294 e. The number of benzene rings is 2. The van der Waals surface area contributed by atoms with Crippen molar-refractivity contribution in [2.75, 3.05) is 0 Å². The van der Waals surface area contributed by atoms with E-state index < -0.39 is 0 Å². The zero-order valence-electron chi connectivity index (χ0n) is 9.91. The number of aryl methyl sites for hydroxylation is 1. The van der Waals surface area contributed by atoms with Crippen LogP contribution in [0.4, 0.5) is 0 Å². The smallest absolute Gasteiger partial charge is 0.168 e. The molecule has 0 spiro atoms. The molecule has 18 heavy (non-hydrogen) atoms. The van der Waals surface area contributed by atoms with Gasteiger partial charge in [0.2, 0.25) is 0 Å². The van der Waals surface area contributed by atoms with Gasteiger partial charge in [-0.05, 0) is 42.3 Å². The van der Waals surface area contributed by atoms with Crippen molar-refractivity contribution in [1.82, 2.24) is 0 Å². The van der Waals surface area contributed by atoms with E-state index in [1.807, 2.05) is 25.1 Å². The maximum absolute atomic E-state index is 12.1. The fourth-order valence-electron chi connectivity index (χ4n) is 1.77. The molecular formula is C15H12Cl2O. The lowest BCUT2D eigenvalue weighted by atomic mass is 10.0. The molecule has 0 N–H and O–H groups in total. The van der Waals surface area contributed by atoms with Crippen molar-refractivity contribution in [3.63, 3.8) is 0 Å². The Morgan fingerprint density at radius 2 is 1.89 bits per heavy atom. The van der Waals surface area contributed by atoms with Crippen molar-refractivity contribution in [3.8, 4) is 0 Å². The summed E-state index contributed by atoms with van der Waals surface area (Å²) in [5.74, 6) is 0.00210. The maximum Gasteiger partial charge on any atom is 0.168 e. The van der Waals surface area contributed by atoms with Crippen LogP contribution in [0.5, 0.6) is 0 Å². The minimum atomic E-state index is 0.00210. The topological polar surface area (TPSA) is 17.1 Å². The summed E-state index contributed by atoms with van der Waals surface area (Å²) in [4.78, 5) is 12.1. The predicted molar refractivity (Wildman–Crippen MR) is 75.7 cm³/mol. The molecule has 0 fully saturated rings. The molecule has 0 unspecified atom stereocenters. The highest BCUT2D eigenvalue weighted by Crippen LogP contribution is 2.20. The van der Waals surface area contributed by atoms with Crippen molar-refractivity contribution in [2.24, 2.45) is 0 Å². The van der Waals surface area contributed by atoms with Gasteiger partial charge in [0.15, 0.2) is 5.78 Å². The first kappa shape index (κ1) is 13.1. The Morgan fingerprint density at radius 1 is 1.11 bits per heavy atom. The van der Waals surface area contributed by atoms with E-state index in [9.17, 15) is 4.79 Å². The van der Waals surface area contributed by atoms with Gasteiger partial charge in [0.25, 0.3) is 0 Å².